The van der Waals surface area contributed by atoms with Crippen molar-refractivity contribution in [3.8, 4) is 0 Å². The van der Waals surface area contributed by atoms with E-state index in [9.17, 15) is 18.4 Å². The normalized spacial score (nSPS) is 16.3. The first-order chi connectivity index (χ1) is 10.5. The van der Waals surface area contributed by atoms with Crippen LogP contribution in [0.1, 0.15) is 12.8 Å². The van der Waals surface area contributed by atoms with E-state index in [4.69, 9.17) is 0 Å². The van der Waals surface area contributed by atoms with Gasteiger partial charge in [0.25, 0.3) is 0 Å². The van der Waals surface area contributed by atoms with Gasteiger partial charge in [-0.25, -0.2) is 8.78 Å². The minimum Gasteiger partial charge on any atom is -0.348 e. The third-order valence-electron chi connectivity index (χ3n) is 3.77. The number of likely N-dealkylation sites (tertiary alicyclic amines) is 1. The lowest BCUT2D eigenvalue weighted by atomic mass is 9.97. The van der Waals surface area contributed by atoms with E-state index in [1.807, 2.05) is 7.05 Å². The Morgan fingerprint density at radius 3 is 2.59 bits per heavy atom. The zero-order chi connectivity index (χ0) is 16.1. The zero-order valence-corrected chi connectivity index (χ0v) is 12.4. The molecule has 0 radical (unpaired) electrons. The summed E-state index contributed by atoms with van der Waals surface area (Å²) < 4.78 is 26.4. The molecule has 0 aliphatic carbocycles. The van der Waals surface area contributed by atoms with Crippen LogP contribution in [-0.2, 0) is 9.59 Å². The number of carbonyl (C=O) groups is 2. The molecule has 0 bridgehead atoms. The molecule has 1 heterocycles. The summed E-state index contributed by atoms with van der Waals surface area (Å²) >= 11 is 0. The third kappa shape index (κ3) is 4.49. The Balaban J connectivity index is 1.82. The standard InChI is InChI=1S/C15H19F2N3O2/c1-20-6-4-10(5-7-20)9-18-14(21)15(22)19-13-8-11(16)2-3-12(13)17/h2-3,8,10H,4-7,9H2,1H3,(H,18,21)(H,19,22). The summed E-state index contributed by atoms with van der Waals surface area (Å²) in [6.45, 7) is 2.33. The van der Waals surface area contributed by atoms with Crippen LogP contribution in [0.5, 0.6) is 0 Å². The van der Waals surface area contributed by atoms with Crippen molar-refractivity contribution in [1.29, 1.82) is 0 Å². The second-order valence-electron chi connectivity index (χ2n) is 5.53. The molecule has 0 unspecified atom stereocenters. The SMILES string of the molecule is CN1CCC(CNC(=O)C(=O)Nc2cc(F)ccc2F)CC1. The van der Waals surface area contributed by atoms with Crippen molar-refractivity contribution in [2.75, 3.05) is 32.0 Å². The predicted octanol–water partition coefficient (Wildman–Crippen LogP) is 1.36. The fourth-order valence-electron chi connectivity index (χ4n) is 2.36. The van der Waals surface area contributed by atoms with Crippen molar-refractivity contribution in [2.24, 2.45) is 5.92 Å². The topological polar surface area (TPSA) is 61.4 Å². The summed E-state index contributed by atoms with van der Waals surface area (Å²) in [6.07, 6.45) is 1.91. The maximum atomic E-state index is 13.4. The van der Waals surface area contributed by atoms with Gasteiger partial charge >= 0.3 is 11.8 Å². The van der Waals surface area contributed by atoms with E-state index in [0.717, 1.165) is 44.1 Å². The number of anilines is 1. The number of amides is 2. The molecular formula is C15H19F2N3O2. The van der Waals surface area contributed by atoms with Crippen LogP contribution < -0.4 is 10.6 Å². The van der Waals surface area contributed by atoms with Crippen LogP contribution in [0.3, 0.4) is 0 Å². The second-order valence-corrected chi connectivity index (χ2v) is 5.53. The van der Waals surface area contributed by atoms with E-state index in [-0.39, 0.29) is 5.69 Å². The van der Waals surface area contributed by atoms with Crippen molar-refractivity contribution in [3.63, 3.8) is 0 Å². The molecule has 1 aromatic rings. The Labute approximate surface area is 127 Å². The molecule has 120 valence electrons. The van der Waals surface area contributed by atoms with E-state index in [2.05, 4.69) is 15.5 Å². The summed E-state index contributed by atoms with van der Waals surface area (Å²) in [6, 6.07) is 2.66. The predicted molar refractivity (Wildman–Crippen MR) is 78.2 cm³/mol. The highest BCUT2D eigenvalue weighted by molar-refractivity contribution is 6.39. The number of piperidine rings is 1. The zero-order valence-electron chi connectivity index (χ0n) is 12.4. The monoisotopic (exact) mass is 311 g/mol. The molecule has 0 atom stereocenters. The second kappa shape index (κ2) is 7.31. The summed E-state index contributed by atoms with van der Waals surface area (Å²) in [5, 5.41) is 4.61. The number of benzene rings is 1. The quantitative estimate of drug-likeness (QED) is 0.829. The number of halogens is 2. The van der Waals surface area contributed by atoms with Crippen LogP contribution in [0.4, 0.5) is 14.5 Å². The average molecular weight is 311 g/mol. The van der Waals surface area contributed by atoms with E-state index in [1.165, 1.54) is 0 Å². The fourth-order valence-corrected chi connectivity index (χ4v) is 2.36. The lowest BCUT2D eigenvalue weighted by Gasteiger charge is -2.28. The molecule has 2 N–H and O–H groups in total. The summed E-state index contributed by atoms with van der Waals surface area (Å²) in [5.74, 6) is -3.00. The highest BCUT2D eigenvalue weighted by Gasteiger charge is 2.20. The Morgan fingerprint density at radius 1 is 1.23 bits per heavy atom. The molecule has 2 rings (SSSR count). The molecule has 0 spiro atoms. The van der Waals surface area contributed by atoms with Crippen LogP contribution >= 0.6 is 0 Å². The number of nitrogens with zero attached hydrogens (tertiary/aromatic N) is 1. The summed E-state index contributed by atoms with van der Waals surface area (Å²) in [7, 11) is 2.04. The van der Waals surface area contributed by atoms with Gasteiger partial charge in [0.15, 0.2) is 0 Å². The van der Waals surface area contributed by atoms with E-state index >= 15 is 0 Å². The van der Waals surface area contributed by atoms with Gasteiger partial charge in [-0.1, -0.05) is 0 Å². The molecule has 1 aliphatic rings. The maximum Gasteiger partial charge on any atom is 0.313 e. The lowest BCUT2D eigenvalue weighted by Crippen LogP contribution is -2.41. The fraction of sp³-hybridized carbons (Fsp3) is 0.467. The van der Waals surface area contributed by atoms with Gasteiger partial charge in [-0.05, 0) is 51.0 Å². The van der Waals surface area contributed by atoms with Crippen LogP contribution in [0.2, 0.25) is 0 Å². The van der Waals surface area contributed by atoms with Gasteiger partial charge < -0.3 is 15.5 Å². The lowest BCUT2D eigenvalue weighted by molar-refractivity contribution is -0.136. The van der Waals surface area contributed by atoms with Gasteiger partial charge in [0.1, 0.15) is 11.6 Å². The van der Waals surface area contributed by atoms with Gasteiger partial charge in [-0.3, -0.25) is 9.59 Å². The molecule has 2 amide bonds. The number of rotatable bonds is 3. The van der Waals surface area contributed by atoms with Gasteiger partial charge in [0, 0.05) is 12.6 Å². The smallest absolute Gasteiger partial charge is 0.313 e. The highest BCUT2D eigenvalue weighted by Crippen LogP contribution is 2.16. The van der Waals surface area contributed by atoms with E-state index < -0.39 is 23.4 Å². The molecule has 7 heteroatoms. The van der Waals surface area contributed by atoms with Crippen molar-refractivity contribution in [2.45, 2.75) is 12.8 Å². The van der Waals surface area contributed by atoms with Gasteiger partial charge in [0.2, 0.25) is 0 Å². The molecule has 1 fully saturated rings. The van der Waals surface area contributed by atoms with Crippen molar-refractivity contribution >= 4 is 17.5 Å². The Morgan fingerprint density at radius 2 is 1.91 bits per heavy atom. The molecule has 22 heavy (non-hydrogen) atoms. The van der Waals surface area contributed by atoms with E-state index in [0.29, 0.717) is 12.5 Å². The van der Waals surface area contributed by atoms with E-state index in [1.54, 1.807) is 0 Å². The van der Waals surface area contributed by atoms with Gasteiger partial charge in [-0.15, -0.1) is 0 Å². The minimum atomic E-state index is -1.00. The number of carbonyl (C=O) groups excluding carboxylic acids is 2. The Bertz CT molecular complexity index is 558. The Kier molecular flexibility index (Phi) is 5.43. The molecule has 1 aliphatic heterocycles. The number of nitrogens with one attached hydrogen (secondary N) is 2. The maximum absolute atomic E-state index is 13.4. The largest absolute Gasteiger partial charge is 0.348 e. The molecular weight excluding hydrogens is 292 g/mol. The molecule has 1 aromatic carbocycles. The van der Waals surface area contributed by atoms with Crippen LogP contribution in [0.25, 0.3) is 0 Å². The first kappa shape index (κ1) is 16.4. The molecule has 0 aromatic heterocycles. The van der Waals surface area contributed by atoms with Crippen LogP contribution in [0, 0.1) is 17.6 Å². The third-order valence-corrected chi connectivity index (χ3v) is 3.77. The number of hydrogen-bond acceptors (Lipinski definition) is 3. The first-order valence-corrected chi connectivity index (χ1v) is 7.18. The molecule has 0 saturated carbocycles. The Hall–Kier alpha value is -2.02. The summed E-state index contributed by atoms with van der Waals surface area (Å²) in [5.41, 5.74) is -0.348. The van der Waals surface area contributed by atoms with Crippen LogP contribution in [-0.4, -0.2) is 43.4 Å². The minimum absolute atomic E-state index is 0.332. The van der Waals surface area contributed by atoms with Crippen LogP contribution in [0.15, 0.2) is 18.2 Å². The highest BCUT2D eigenvalue weighted by atomic mass is 19.1. The van der Waals surface area contributed by atoms with Gasteiger partial charge in [-0.2, -0.15) is 0 Å². The van der Waals surface area contributed by atoms with Crippen molar-refractivity contribution in [1.82, 2.24) is 10.2 Å². The average Bonchev–Trinajstić information content (AvgIpc) is 2.50. The first-order valence-electron chi connectivity index (χ1n) is 7.18. The van der Waals surface area contributed by atoms with Crippen molar-refractivity contribution < 1.29 is 18.4 Å². The molecule has 5 nitrogen and oxygen atoms in total. The van der Waals surface area contributed by atoms with Crippen molar-refractivity contribution in [3.05, 3.63) is 29.8 Å². The van der Waals surface area contributed by atoms with Gasteiger partial charge in [0.05, 0.1) is 5.69 Å². The summed E-state index contributed by atoms with van der Waals surface area (Å²) in [4.78, 5) is 25.6. The number of hydrogen-bond donors (Lipinski definition) is 2. The molecule has 1 saturated heterocycles.